The second kappa shape index (κ2) is 11.0. The number of fused-ring (bicyclic) bond motifs is 1. The van der Waals surface area contributed by atoms with E-state index >= 15 is 0 Å². The summed E-state index contributed by atoms with van der Waals surface area (Å²) < 4.78 is 12.1. The van der Waals surface area contributed by atoms with Crippen LogP contribution in [0, 0.1) is 11.8 Å². The van der Waals surface area contributed by atoms with Gasteiger partial charge in [-0.2, -0.15) is 0 Å². The number of rotatable bonds is 14. The van der Waals surface area contributed by atoms with Crippen LogP contribution >= 0.6 is 0 Å². The Labute approximate surface area is 202 Å². The monoisotopic (exact) mass is 476 g/mol. The Kier molecular flexibility index (Phi) is 8.57. The van der Waals surface area contributed by atoms with Crippen molar-refractivity contribution in [3.05, 3.63) is 25.3 Å². The van der Waals surface area contributed by atoms with Gasteiger partial charge in [-0.25, -0.2) is 0 Å². The Bertz CT molecular complexity index is 800. The van der Waals surface area contributed by atoms with Crippen LogP contribution in [0.5, 0.6) is 0 Å². The number of aliphatic hydroxyl groups is 1. The van der Waals surface area contributed by atoms with Crippen molar-refractivity contribution in [1.82, 2.24) is 9.80 Å². The average molecular weight is 477 g/mol. The van der Waals surface area contributed by atoms with Gasteiger partial charge in [-0.1, -0.05) is 31.9 Å². The van der Waals surface area contributed by atoms with Crippen molar-refractivity contribution in [2.75, 3.05) is 32.8 Å². The van der Waals surface area contributed by atoms with Crippen LogP contribution < -0.4 is 0 Å². The maximum atomic E-state index is 14.0. The third-order valence-electron chi connectivity index (χ3n) is 7.58. The Morgan fingerprint density at radius 1 is 1.26 bits per heavy atom. The van der Waals surface area contributed by atoms with Crippen molar-refractivity contribution in [3.63, 3.8) is 0 Å². The van der Waals surface area contributed by atoms with Crippen LogP contribution in [0.15, 0.2) is 25.3 Å². The predicted octanol–water partition coefficient (Wildman–Crippen LogP) is 2.46. The predicted molar refractivity (Wildman–Crippen MR) is 128 cm³/mol. The highest BCUT2D eigenvalue weighted by molar-refractivity contribution is 5.98. The molecule has 5 atom stereocenters. The summed E-state index contributed by atoms with van der Waals surface area (Å²) in [6, 6.07) is -0.828. The van der Waals surface area contributed by atoms with Gasteiger partial charge in [0, 0.05) is 26.2 Å². The molecule has 2 bridgehead atoms. The molecule has 3 fully saturated rings. The van der Waals surface area contributed by atoms with Crippen LogP contribution in [0.1, 0.15) is 58.8 Å². The first-order valence-corrected chi connectivity index (χ1v) is 12.6. The topological polar surface area (TPSA) is 96.4 Å². The molecule has 0 saturated carbocycles. The highest BCUT2D eigenvalue weighted by Crippen LogP contribution is 2.63. The lowest BCUT2D eigenvalue weighted by Gasteiger charge is -2.36. The molecule has 3 aliphatic rings. The van der Waals surface area contributed by atoms with Crippen LogP contribution in [0.2, 0.25) is 0 Å². The highest BCUT2D eigenvalue weighted by Gasteiger charge is 2.78. The fourth-order valence-corrected chi connectivity index (χ4v) is 6.05. The number of carbonyl (C=O) groups excluding carboxylic acids is 3. The van der Waals surface area contributed by atoms with Crippen LogP contribution in [-0.4, -0.2) is 82.8 Å². The fraction of sp³-hybridized carbons (Fsp3) is 0.731. The van der Waals surface area contributed by atoms with E-state index < -0.39 is 35.0 Å². The molecule has 190 valence electrons. The molecule has 0 aromatic carbocycles. The molecule has 3 heterocycles. The number of hydrogen-bond donors (Lipinski definition) is 1. The standard InChI is InChI=1S/C26H40N2O6/c1-5-8-10-15-27(14-7-3)23(31)21-26-13-12-25(4,34-26)20(24(32)33-18-9-6-2)19(26)22(30)28(21)16-11-17-29/h6-7,19-21,29H,2-3,5,8-18H2,1,4H3/t19-,20-,21?,25+,26?/m0/s1. The number of amides is 2. The van der Waals surface area contributed by atoms with E-state index in [0.717, 1.165) is 19.3 Å². The van der Waals surface area contributed by atoms with Crippen LogP contribution in [0.4, 0.5) is 0 Å². The molecule has 0 aliphatic carbocycles. The number of ether oxygens (including phenoxy) is 2. The average Bonchev–Trinajstić information content (AvgIpc) is 3.37. The van der Waals surface area contributed by atoms with E-state index in [2.05, 4.69) is 20.1 Å². The minimum atomic E-state index is -1.06. The lowest BCUT2D eigenvalue weighted by molar-refractivity contribution is -0.160. The van der Waals surface area contributed by atoms with Gasteiger partial charge in [-0.15, -0.1) is 13.2 Å². The zero-order chi connectivity index (χ0) is 24.9. The van der Waals surface area contributed by atoms with E-state index in [4.69, 9.17) is 9.47 Å². The number of aliphatic hydroxyl groups excluding tert-OH is 1. The third-order valence-corrected chi connectivity index (χ3v) is 7.58. The number of hydrogen-bond acceptors (Lipinski definition) is 6. The first-order valence-electron chi connectivity index (χ1n) is 12.6. The first kappa shape index (κ1) is 26.4. The molecule has 2 unspecified atom stereocenters. The van der Waals surface area contributed by atoms with Gasteiger partial charge in [-0.3, -0.25) is 14.4 Å². The van der Waals surface area contributed by atoms with Gasteiger partial charge < -0.3 is 24.4 Å². The Morgan fingerprint density at radius 3 is 2.68 bits per heavy atom. The summed E-state index contributed by atoms with van der Waals surface area (Å²) in [6.45, 7) is 12.7. The maximum Gasteiger partial charge on any atom is 0.312 e. The molecule has 0 radical (unpaired) electrons. The number of nitrogens with zero attached hydrogens (tertiary/aromatic N) is 2. The summed E-state index contributed by atoms with van der Waals surface area (Å²) in [6.07, 6.45) is 8.24. The molecule has 0 aromatic heterocycles. The van der Waals surface area contributed by atoms with Gasteiger partial charge in [0.25, 0.3) is 0 Å². The summed E-state index contributed by atoms with van der Waals surface area (Å²) in [4.78, 5) is 44.2. The number of esters is 1. The van der Waals surface area contributed by atoms with Crippen molar-refractivity contribution in [3.8, 4) is 0 Å². The third kappa shape index (κ3) is 4.54. The highest BCUT2D eigenvalue weighted by atomic mass is 16.6. The van der Waals surface area contributed by atoms with E-state index in [9.17, 15) is 19.5 Å². The summed E-state index contributed by atoms with van der Waals surface area (Å²) in [5.74, 6) is -2.41. The summed E-state index contributed by atoms with van der Waals surface area (Å²) in [7, 11) is 0. The quantitative estimate of drug-likeness (QED) is 0.235. The zero-order valence-electron chi connectivity index (χ0n) is 20.7. The Balaban J connectivity index is 1.96. The largest absolute Gasteiger partial charge is 0.465 e. The lowest BCUT2D eigenvalue weighted by Crippen LogP contribution is -2.56. The van der Waals surface area contributed by atoms with Gasteiger partial charge in [0.15, 0.2) is 0 Å². The van der Waals surface area contributed by atoms with E-state index in [-0.39, 0.29) is 31.6 Å². The number of carbonyl (C=O) groups is 3. The smallest absolute Gasteiger partial charge is 0.312 e. The minimum Gasteiger partial charge on any atom is -0.465 e. The Hall–Kier alpha value is -2.19. The lowest BCUT2D eigenvalue weighted by atomic mass is 9.66. The second-order valence-corrected chi connectivity index (χ2v) is 9.86. The fourth-order valence-electron chi connectivity index (χ4n) is 6.05. The van der Waals surface area contributed by atoms with Gasteiger partial charge in [0.05, 0.1) is 18.1 Å². The molecule has 8 heteroatoms. The summed E-state index contributed by atoms with van der Waals surface area (Å²) in [5, 5.41) is 9.45. The van der Waals surface area contributed by atoms with Crippen molar-refractivity contribution in [1.29, 1.82) is 0 Å². The van der Waals surface area contributed by atoms with E-state index in [1.54, 1.807) is 22.0 Å². The minimum absolute atomic E-state index is 0.0964. The number of unbranched alkanes of at least 4 members (excludes halogenated alkanes) is 2. The molecule has 8 nitrogen and oxygen atoms in total. The first-order chi connectivity index (χ1) is 16.3. The Morgan fingerprint density at radius 2 is 2.03 bits per heavy atom. The SMILES string of the molecule is C=CCCOC(=O)[C@@H]1[C@H]2C(=O)N(CCCO)C(C(=O)N(CC=C)CCCCC)C23CC[C@@]1(C)O3. The zero-order valence-corrected chi connectivity index (χ0v) is 20.7. The van der Waals surface area contributed by atoms with Crippen LogP contribution in [-0.2, 0) is 23.9 Å². The molecule has 0 aromatic rings. The van der Waals surface area contributed by atoms with Gasteiger partial charge in [-0.05, 0) is 39.0 Å². The van der Waals surface area contributed by atoms with Crippen LogP contribution in [0.3, 0.4) is 0 Å². The van der Waals surface area contributed by atoms with Gasteiger partial charge in [0.2, 0.25) is 11.8 Å². The van der Waals surface area contributed by atoms with E-state index in [1.165, 1.54) is 0 Å². The van der Waals surface area contributed by atoms with Crippen LogP contribution in [0.25, 0.3) is 0 Å². The number of likely N-dealkylation sites (tertiary alicyclic amines) is 1. The van der Waals surface area contributed by atoms with Gasteiger partial charge >= 0.3 is 5.97 Å². The van der Waals surface area contributed by atoms with Crippen molar-refractivity contribution in [2.45, 2.75) is 76.0 Å². The molecule has 3 saturated heterocycles. The molecule has 3 aliphatic heterocycles. The second-order valence-electron chi connectivity index (χ2n) is 9.86. The molecule has 1 spiro atoms. The van der Waals surface area contributed by atoms with Gasteiger partial charge in [0.1, 0.15) is 17.6 Å². The molecule has 34 heavy (non-hydrogen) atoms. The van der Waals surface area contributed by atoms with Crippen molar-refractivity contribution < 1.29 is 29.0 Å². The van der Waals surface area contributed by atoms with E-state index in [0.29, 0.717) is 38.8 Å². The molecular weight excluding hydrogens is 436 g/mol. The summed E-state index contributed by atoms with van der Waals surface area (Å²) in [5.41, 5.74) is -1.91. The van der Waals surface area contributed by atoms with Crippen molar-refractivity contribution >= 4 is 17.8 Å². The molecular formula is C26H40N2O6. The van der Waals surface area contributed by atoms with E-state index in [1.807, 2.05) is 6.92 Å². The molecule has 1 N–H and O–H groups in total. The molecule has 3 rings (SSSR count). The molecule has 2 amide bonds. The van der Waals surface area contributed by atoms with Crippen molar-refractivity contribution in [2.24, 2.45) is 11.8 Å². The summed E-state index contributed by atoms with van der Waals surface area (Å²) >= 11 is 0. The normalized spacial score (nSPS) is 31.4. The maximum absolute atomic E-state index is 14.0.